The van der Waals surface area contributed by atoms with Crippen LogP contribution < -0.4 is 0 Å². The summed E-state index contributed by atoms with van der Waals surface area (Å²) in [6, 6.07) is 22.5. The van der Waals surface area contributed by atoms with E-state index in [0.29, 0.717) is 0 Å². The highest BCUT2D eigenvalue weighted by Gasteiger charge is 2.13. The van der Waals surface area contributed by atoms with Gasteiger partial charge in [-0.3, -0.25) is 0 Å². The number of rotatable bonds is 4. The van der Waals surface area contributed by atoms with Crippen LogP contribution in [0.2, 0.25) is 0 Å². The average molecular weight is 374 g/mol. The molecule has 0 atom stereocenters. The summed E-state index contributed by atoms with van der Waals surface area (Å²) in [7, 11) is 0. The standard InChI is InChI=1S/C23H19NS2/c1-2-11-24-20-14-16(22-5-3-12-25-22)7-9-18(20)19-10-8-17(15-21(19)24)23-6-4-13-26-23/h3-10,12-15H,2,11H2,1H3. The molecule has 5 rings (SSSR count). The van der Waals surface area contributed by atoms with E-state index in [9.17, 15) is 0 Å². The number of benzene rings is 2. The van der Waals surface area contributed by atoms with Gasteiger partial charge >= 0.3 is 0 Å². The first-order chi connectivity index (χ1) is 12.8. The molecule has 0 saturated carbocycles. The first-order valence-corrected chi connectivity index (χ1v) is 10.7. The molecule has 0 aliphatic carbocycles. The molecule has 0 aliphatic rings. The van der Waals surface area contributed by atoms with E-state index in [1.807, 2.05) is 0 Å². The molecule has 3 heterocycles. The molecule has 3 aromatic heterocycles. The SMILES string of the molecule is CCCn1c2cc(-c3cccs3)ccc2c2ccc(-c3cccs3)cc21. The van der Waals surface area contributed by atoms with Gasteiger partial charge in [0.15, 0.2) is 0 Å². The van der Waals surface area contributed by atoms with Crippen molar-refractivity contribution in [2.75, 3.05) is 0 Å². The fourth-order valence-electron chi connectivity index (χ4n) is 3.75. The van der Waals surface area contributed by atoms with Gasteiger partial charge in [0.25, 0.3) is 0 Å². The van der Waals surface area contributed by atoms with Gasteiger partial charge in [0.1, 0.15) is 0 Å². The zero-order valence-corrected chi connectivity index (χ0v) is 16.2. The number of hydrogen-bond donors (Lipinski definition) is 0. The van der Waals surface area contributed by atoms with Crippen LogP contribution in [0, 0.1) is 0 Å². The highest BCUT2D eigenvalue weighted by atomic mass is 32.1. The van der Waals surface area contributed by atoms with Gasteiger partial charge in [-0.1, -0.05) is 43.3 Å². The Kier molecular flexibility index (Phi) is 3.92. The monoisotopic (exact) mass is 373 g/mol. The number of nitrogens with zero attached hydrogens (tertiary/aromatic N) is 1. The topological polar surface area (TPSA) is 4.93 Å². The lowest BCUT2D eigenvalue weighted by Crippen LogP contribution is -1.96. The van der Waals surface area contributed by atoms with Crippen molar-refractivity contribution in [2.24, 2.45) is 0 Å². The molecule has 0 radical (unpaired) electrons. The minimum Gasteiger partial charge on any atom is -0.340 e. The Hall–Kier alpha value is -2.36. The Bertz CT molecular complexity index is 1090. The van der Waals surface area contributed by atoms with Gasteiger partial charge in [0, 0.05) is 38.1 Å². The predicted octanol–water partition coefficient (Wildman–Crippen LogP) is 7.66. The van der Waals surface area contributed by atoms with Gasteiger partial charge in [0.05, 0.1) is 0 Å². The Morgan fingerprint density at radius 3 is 1.69 bits per heavy atom. The van der Waals surface area contributed by atoms with E-state index in [0.717, 1.165) is 13.0 Å². The van der Waals surface area contributed by atoms with Crippen LogP contribution in [-0.2, 0) is 6.54 Å². The maximum Gasteiger partial charge on any atom is 0.0497 e. The van der Waals surface area contributed by atoms with Crippen molar-refractivity contribution in [3.05, 3.63) is 71.4 Å². The van der Waals surface area contributed by atoms with E-state index in [4.69, 9.17) is 0 Å². The first kappa shape index (κ1) is 15.9. The molecular formula is C23H19NS2. The lowest BCUT2D eigenvalue weighted by Gasteiger charge is -2.07. The molecule has 0 bridgehead atoms. The number of fused-ring (bicyclic) bond motifs is 3. The van der Waals surface area contributed by atoms with Crippen molar-refractivity contribution in [3.63, 3.8) is 0 Å². The number of aryl methyl sites for hydroxylation is 1. The molecular weight excluding hydrogens is 354 g/mol. The van der Waals surface area contributed by atoms with E-state index in [-0.39, 0.29) is 0 Å². The second kappa shape index (κ2) is 6.42. The Morgan fingerprint density at radius 1 is 0.731 bits per heavy atom. The summed E-state index contributed by atoms with van der Waals surface area (Å²) in [4.78, 5) is 2.67. The van der Waals surface area contributed by atoms with Crippen LogP contribution in [0.15, 0.2) is 71.4 Å². The van der Waals surface area contributed by atoms with Crippen LogP contribution in [0.4, 0.5) is 0 Å². The van der Waals surface area contributed by atoms with Gasteiger partial charge < -0.3 is 4.57 Å². The largest absolute Gasteiger partial charge is 0.340 e. The predicted molar refractivity (Wildman–Crippen MR) is 116 cm³/mol. The molecule has 2 aromatic carbocycles. The van der Waals surface area contributed by atoms with Crippen LogP contribution in [0.5, 0.6) is 0 Å². The summed E-state index contributed by atoms with van der Waals surface area (Å²) < 4.78 is 2.50. The molecule has 5 aromatic rings. The summed E-state index contributed by atoms with van der Waals surface area (Å²) in [5, 5.41) is 7.00. The number of thiophene rings is 2. The van der Waals surface area contributed by atoms with Crippen molar-refractivity contribution >= 4 is 44.5 Å². The molecule has 0 fully saturated rings. The Labute approximate surface area is 161 Å². The zero-order chi connectivity index (χ0) is 17.5. The quantitative estimate of drug-likeness (QED) is 0.305. The summed E-state index contributed by atoms with van der Waals surface area (Å²) in [5.74, 6) is 0. The fraction of sp³-hybridized carbons (Fsp3) is 0.130. The number of hydrogen-bond acceptors (Lipinski definition) is 2. The van der Waals surface area contributed by atoms with Crippen LogP contribution in [-0.4, -0.2) is 4.57 Å². The van der Waals surface area contributed by atoms with Crippen molar-refractivity contribution in [1.29, 1.82) is 0 Å². The molecule has 0 spiro atoms. The molecule has 3 heteroatoms. The third-order valence-electron chi connectivity index (χ3n) is 4.93. The lowest BCUT2D eigenvalue weighted by atomic mass is 10.1. The van der Waals surface area contributed by atoms with Crippen LogP contribution in [0.3, 0.4) is 0 Å². The molecule has 1 nitrogen and oxygen atoms in total. The maximum atomic E-state index is 2.50. The summed E-state index contributed by atoms with van der Waals surface area (Å²) in [6.07, 6.45) is 1.13. The Morgan fingerprint density at radius 2 is 1.27 bits per heavy atom. The maximum absolute atomic E-state index is 2.50. The van der Waals surface area contributed by atoms with Gasteiger partial charge in [0.2, 0.25) is 0 Å². The van der Waals surface area contributed by atoms with Gasteiger partial charge in [-0.25, -0.2) is 0 Å². The minimum absolute atomic E-state index is 1.04. The van der Waals surface area contributed by atoms with E-state index >= 15 is 0 Å². The minimum atomic E-state index is 1.04. The van der Waals surface area contributed by atoms with Crippen LogP contribution in [0.25, 0.3) is 42.7 Å². The number of aromatic nitrogens is 1. The molecule has 0 aliphatic heterocycles. The summed E-state index contributed by atoms with van der Waals surface area (Å²) in [5.41, 5.74) is 5.31. The van der Waals surface area contributed by atoms with E-state index in [1.54, 1.807) is 22.7 Å². The first-order valence-electron chi connectivity index (χ1n) is 8.99. The third-order valence-corrected chi connectivity index (χ3v) is 6.76. The lowest BCUT2D eigenvalue weighted by molar-refractivity contribution is 0.724. The zero-order valence-electron chi connectivity index (χ0n) is 14.6. The molecule has 26 heavy (non-hydrogen) atoms. The highest BCUT2D eigenvalue weighted by Crippen LogP contribution is 2.36. The van der Waals surface area contributed by atoms with Crippen LogP contribution >= 0.6 is 22.7 Å². The summed E-state index contributed by atoms with van der Waals surface area (Å²) in [6.45, 7) is 3.30. The van der Waals surface area contributed by atoms with Crippen molar-refractivity contribution < 1.29 is 0 Å². The molecule has 0 unspecified atom stereocenters. The van der Waals surface area contributed by atoms with Gasteiger partial charge in [-0.2, -0.15) is 0 Å². The van der Waals surface area contributed by atoms with Gasteiger partial charge in [-0.15, -0.1) is 22.7 Å². The highest BCUT2D eigenvalue weighted by molar-refractivity contribution is 7.13. The van der Waals surface area contributed by atoms with Crippen LogP contribution in [0.1, 0.15) is 13.3 Å². The van der Waals surface area contributed by atoms with E-state index in [2.05, 4.69) is 82.9 Å². The van der Waals surface area contributed by atoms with Crippen molar-refractivity contribution in [2.45, 2.75) is 19.9 Å². The van der Waals surface area contributed by atoms with E-state index in [1.165, 1.54) is 42.7 Å². The normalized spacial score (nSPS) is 11.6. The molecule has 0 N–H and O–H groups in total. The smallest absolute Gasteiger partial charge is 0.0497 e. The third kappa shape index (κ3) is 2.51. The van der Waals surface area contributed by atoms with Crippen molar-refractivity contribution in [3.8, 4) is 20.9 Å². The fourth-order valence-corrected chi connectivity index (χ4v) is 5.20. The molecule has 0 saturated heterocycles. The summed E-state index contributed by atoms with van der Waals surface area (Å²) >= 11 is 3.61. The molecule has 0 amide bonds. The van der Waals surface area contributed by atoms with Gasteiger partial charge in [-0.05, 0) is 52.6 Å². The Balaban J connectivity index is 1.79. The average Bonchev–Trinajstić information content (AvgIpc) is 3.43. The van der Waals surface area contributed by atoms with E-state index < -0.39 is 0 Å². The van der Waals surface area contributed by atoms with Crippen molar-refractivity contribution in [1.82, 2.24) is 4.57 Å². The molecule has 128 valence electrons. The second-order valence-corrected chi connectivity index (χ2v) is 8.47. The second-order valence-electron chi connectivity index (χ2n) is 6.57.